The van der Waals surface area contributed by atoms with Crippen LogP contribution in [0.1, 0.15) is 47.3 Å². The molecule has 1 atom stereocenters. The summed E-state index contributed by atoms with van der Waals surface area (Å²) in [4.78, 5) is 24.3. The third kappa shape index (κ3) is 4.58. The Hall–Kier alpha value is -2.48. The van der Waals surface area contributed by atoms with Crippen molar-refractivity contribution in [2.45, 2.75) is 38.8 Å². The van der Waals surface area contributed by atoms with Crippen molar-refractivity contribution in [3.63, 3.8) is 0 Å². The van der Waals surface area contributed by atoms with E-state index >= 15 is 0 Å². The molecule has 0 radical (unpaired) electrons. The van der Waals surface area contributed by atoms with Gasteiger partial charge in [-0.05, 0) is 73.0 Å². The number of rotatable bonds is 6. The number of hydrogen-bond donors (Lipinski definition) is 1. The fourth-order valence-electron chi connectivity index (χ4n) is 3.29. The molecule has 0 aliphatic heterocycles. The predicted octanol–water partition coefficient (Wildman–Crippen LogP) is 5.37. The lowest BCUT2D eigenvalue weighted by molar-refractivity contribution is 0.0983. The quantitative estimate of drug-likeness (QED) is 0.465. The van der Waals surface area contributed by atoms with Crippen molar-refractivity contribution in [2.24, 2.45) is 0 Å². The molecule has 1 aromatic heterocycles. The van der Waals surface area contributed by atoms with Crippen molar-refractivity contribution in [3.8, 4) is 0 Å². The first kappa shape index (κ1) is 19.8. The lowest BCUT2D eigenvalue weighted by Crippen LogP contribution is -2.34. The van der Waals surface area contributed by atoms with Gasteiger partial charge in [-0.2, -0.15) is 4.98 Å². The minimum Gasteiger partial charge on any atom is -0.348 e. The number of hydrogen-bond acceptors (Lipinski definition) is 4. The maximum Gasteiger partial charge on any atom is 0.260 e. The first-order chi connectivity index (χ1) is 14.0. The van der Waals surface area contributed by atoms with Gasteiger partial charge in [-0.15, -0.1) is 0 Å². The second-order valence-electron chi connectivity index (χ2n) is 7.40. The molecule has 1 fully saturated rings. The second kappa shape index (κ2) is 8.49. The molecule has 0 unspecified atom stereocenters. The van der Waals surface area contributed by atoms with Crippen LogP contribution in [0.2, 0.25) is 0 Å². The van der Waals surface area contributed by atoms with Crippen LogP contribution in [0.3, 0.4) is 0 Å². The van der Waals surface area contributed by atoms with Crippen molar-refractivity contribution >= 4 is 40.3 Å². The van der Waals surface area contributed by atoms with Crippen LogP contribution in [0.5, 0.6) is 0 Å². The van der Waals surface area contributed by atoms with Gasteiger partial charge in [0, 0.05) is 15.8 Å². The van der Waals surface area contributed by atoms with E-state index in [0.717, 1.165) is 33.1 Å². The standard InChI is InChI=1S/C23H23IN4O/c1-15-8-11-20(24)19(14-15)22(29)28(18-9-10-18)21-12-13-25-23(27-21)26-16(2)17-6-4-3-5-7-17/h3-8,11-14,16,18H,9-10H2,1-2H3,(H,25,26,27)/t16-/m0/s1. The molecule has 6 heteroatoms. The maximum absolute atomic E-state index is 13.4. The molecule has 3 aromatic rings. The van der Waals surface area contributed by atoms with E-state index in [1.165, 1.54) is 0 Å². The third-order valence-electron chi connectivity index (χ3n) is 5.02. The lowest BCUT2D eigenvalue weighted by Gasteiger charge is -2.23. The summed E-state index contributed by atoms with van der Waals surface area (Å²) in [7, 11) is 0. The van der Waals surface area contributed by atoms with E-state index in [1.54, 1.807) is 6.20 Å². The minimum absolute atomic E-state index is 0.00126. The monoisotopic (exact) mass is 498 g/mol. The summed E-state index contributed by atoms with van der Waals surface area (Å²) < 4.78 is 0.953. The van der Waals surface area contributed by atoms with Gasteiger partial charge in [0.25, 0.3) is 5.91 Å². The number of nitrogens with one attached hydrogen (secondary N) is 1. The van der Waals surface area contributed by atoms with Crippen molar-refractivity contribution in [1.29, 1.82) is 0 Å². The largest absolute Gasteiger partial charge is 0.348 e. The van der Waals surface area contributed by atoms with Crippen LogP contribution >= 0.6 is 22.6 Å². The van der Waals surface area contributed by atoms with Crippen LogP contribution in [0.15, 0.2) is 60.8 Å². The Morgan fingerprint density at radius 3 is 2.66 bits per heavy atom. The fourth-order valence-corrected chi connectivity index (χ4v) is 3.86. The zero-order chi connectivity index (χ0) is 20.4. The summed E-state index contributed by atoms with van der Waals surface area (Å²) in [5.74, 6) is 1.17. The van der Waals surface area contributed by atoms with Crippen LogP contribution < -0.4 is 10.2 Å². The molecule has 1 aliphatic carbocycles. The SMILES string of the molecule is Cc1ccc(I)c(C(=O)N(c2ccnc(N[C@@H](C)c3ccccc3)n2)C2CC2)c1. The number of carbonyl (C=O) groups excluding carboxylic acids is 1. The Labute approximate surface area is 184 Å². The first-order valence-corrected chi connectivity index (χ1v) is 10.8. The Bertz CT molecular complexity index is 1020. The molecule has 1 N–H and O–H groups in total. The van der Waals surface area contributed by atoms with Crippen LogP contribution in [-0.2, 0) is 0 Å². The molecule has 5 nitrogen and oxygen atoms in total. The molecule has 0 saturated heterocycles. The molecule has 1 heterocycles. The first-order valence-electron chi connectivity index (χ1n) is 9.77. The highest BCUT2D eigenvalue weighted by Gasteiger charge is 2.36. The number of amides is 1. The fraction of sp³-hybridized carbons (Fsp3) is 0.261. The Kier molecular flexibility index (Phi) is 5.80. The number of benzene rings is 2. The summed E-state index contributed by atoms with van der Waals surface area (Å²) >= 11 is 2.23. The van der Waals surface area contributed by atoms with E-state index < -0.39 is 0 Å². The molecular formula is C23H23IN4O. The van der Waals surface area contributed by atoms with Gasteiger partial charge in [0.1, 0.15) is 5.82 Å². The van der Waals surface area contributed by atoms with Gasteiger partial charge in [-0.3, -0.25) is 9.69 Å². The van der Waals surface area contributed by atoms with Gasteiger partial charge in [-0.25, -0.2) is 4.98 Å². The average molecular weight is 498 g/mol. The van der Waals surface area contributed by atoms with Gasteiger partial charge in [0.2, 0.25) is 5.95 Å². The van der Waals surface area contributed by atoms with E-state index in [0.29, 0.717) is 11.8 Å². The number of anilines is 2. The van der Waals surface area contributed by atoms with Crippen LogP contribution in [-0.4, -0.2) is 21.9 Å². The highest BCUT2D eigenvalue weighted by Crippen LogP contribution is 2.33. The topological polar surface area (TPSA) is 58.1 Å². The van der Waals surface area contributed by atoms with Gasteiger partial charge < -0.3 is 5.32 Å². The van der Waals surface area contributed by atoms with E-state index in [4.69, 9.17) is 0 Å². The molecule has 1 saturated carbocycles. The van der Waals surface area contributed by atoms with Gasteiger partial charge >= 0.3 is 0 Å². The number of nitrogens with zero attached hydrogens (tertiary/aromatic N) is 3. The molecule has 148 valence electrons. The number of carbonyl (C=O) groups is 1. The minimum atomic E-state index is 0.00126. The molecular weight excluding hydrogens is 475 g/mol. The van der Waals surface area contributed by atoms with Gasteiger partial charge in [-0.1, -0.05) is 42.0 Å². The van der Waals surface area contributed by atoms with E-state index in [1.807, 2.05) is 54.3 Å². The molecule has 4 rings (SSSR count). The zero-order valence-corrected chi connectivity index (χ0v) is 18.6. The highest BCUT2D eigenvalue weighted by molar-refractivity contribution is 14.1. The third-order valence-corrected chi connectivity index (χ3v) is 5.96. The normalized spacial score (nSPS) is 14.3. The summed E-state index contributed by atoms with van der Waals surface area (Å²) in [6.07, 6.45) is 3.72. The van der Waals surface area contributed by atoms with Crippen LogP contribution in [0.25, 0.3) is 0 Å². The van der Waals surface area contributed by atoms with E-state index in [9.17, 15) is 4.79 Å². The molecule has 1 amide bonds. The maximum atomic E-state index is 13.4. The van der Waals surface area contributed by atoms with Gasteiger partial charge in [0.05, 0.1) is 11.6 Å². The molecule has 29 heavy (non-hydrogen) atoms. The van der Waals surface area contributed by atoms with E-state index in [2.05, 4.69) is 56.9 Å². The zero-order valence-electron chi connectivity index (χ0n) is 16.5. The highest BCUT2D eigenvalue weighted by atomic mass is 127. The Morgan fingerprint density at radius 1 is 1.17 bits per heavy atom. The summed E-state index contributed by atoms with van der Waals surface area (Å²) in [5, 5.41) is 3.35. The van der Waals surface area contributed by atoms with Crippen LogP contribution in [0.4, 0.5) is 11.8 Å². The molecule has 2 aromatic carbocycles. The summed E-state index contributed by atoms with van der Waals surface area (Å²) in [6.45, 7) is 4.08. The second-order valence-corrected chi connectivity index (χ2v) is 8.57. The summed E-state index contributed by atoms with van der Waals surface area (Å²) in [5.41, 5.74) is 2.96. The van der Waals surface area contributed by atoms with Crippen molar-refractivity contribution in [3.05, 3.63) is 81.1 Å². The van der Waals surface area contributed by atoms with E-state index in [-0.39, 0.29) is 18.0 Å². The average Bonchev–Trinajstić information content (AvgIpc) is 3.56. The number of halogens is 1. The van der Waals surface area contributed by atoms with Crippen molar-refractivity contribution in [1.82, 2.24) is 9.97 Å². The Balaban J connectivity index is 1.61. The molecule has 1 aliphatic rings. The smallest absolute Gasteiger partial charge is 0.260 e. The van der Waals surface area contributed by atoms with Crippen molar-refractivity contribution < 1.29 is 4.79 Å². The lowest BCUT2D eigenvalue weighted by atomic mass is 10.1. The Morgan fingerprint density at radius 2 is 1.93 bits per heavy atom. The number of aromatic nitrogens is 2. The molecule has 0 bridgehead atoms. The molecule has 0 spiro atoms. The van der Waals surface area contributed by atoms with Gasteiger partial charge in [0.15, 0.2) is 0 Å². The summed E-state index contributed by atoms with van der Waals surface area (Å²) in [6, 6.07) is 18.2. The van der Waals surface area contributed by atoms with Crippen LogP contribution in [0, 0.1) is 10.5 Å². The number of aryl methyl sites for hydroxylation is 1. The predicted molar refractivity (Wildman–Crippen MR) is 124 cm³/mol. The van der Waals surface area contributed by atoms with Crippen molar-refractivity contribution in [2.75, 3.05) is 10.2 Å².